The van der Waals surface area contributed by atoms with E-state index >= 15 is 0 Å². The molecular formula is C17H16N2O2. The summed E-state index contributed by atoms with van der Waals surface area (Å²) in [7, 11) is 1.98. The zero-order chi connectivity index (χ0) is 14.4. The van der Waals surface area contributed by atoms with Crippen LogP contribution < -0.4 is 11.1 Å². The van der Waals surface area contributed by atoms with Crippen LogP contribution in [0.15, 0.2) is 51.7 Å². The van der Waals surface area contributed by atoms with E-state index in [0.29, 0.717) is 11.5 Å². The minimum Gasteiger partial charge on any atom is -0.408 e. The lowest BCUT2D eigenvalue weighted by Gasteiger charge is -2.36. The molecule has 1 heterocycles. The average molecular weight is 280 g/mol. The first kappa shape index (κ1) is 12.4. The van der Waals surface area contributed by atoms with Crippen LogP contribution in [-0.4, -0.2) is 12.0 Å². The maximum absolute atomic E-state index is 11.3. The highest BCUT2D eigenvalue weighted by molar-refractivity contribution is 5.73. The molecule has 2 atom stereocenters. The fourth-order valence-electron chi connectivity index (χ4n) is 3.35. The molecule has 106 valence electrons. The van der Waals surface area contributed by atoms with Crippen molar-refractivity contribution < 1.29 is 4.42 Å². The number of H-pyrrole nitrogens is 1. The Balaban J connectivity index is 1.74. The summed E-state index contributed by atoms with van der Waals surface area (Å²) < 4.78 is 5.17. The highest BCUT2D eigenvalue weighted by Gasteiger charge is 2.32. The van der Waals surface area contributed by atoms with Crippen LogP contribution in [-0.2, 0) is 6.42 Å². The third-order valence-corrected chi connectivity index (χ3v) is 4.41. The Morgan fingerprint density at radius 2 is 2.14 bits per heavy atom. The normalized spacial score (nSPS) is 18.2. The Morgan fingerprint density at radius 3 is 2.95 bits per heavy atom. The van der Waals surface area contributed by atoms with Gasteiger partial charge in [-0.3, -0.25) is 4.98 Å². The molecule has 0 spiro atoms. The standard InChI is InChI=1S/C17H16N2O2/c1-18-16(13-8-10-4-2-3-5-12(10)13)11-6-7-14-15(9-11)21-17(20)19-14/h2-7,9,13,16,18H,8H2,1H3,(H,19,20). The quantitative estimate of drug-likeness (QED) is 0.775. The predicted octanol–water partition coefficient (Wildman–Crippen LogP) is 2.72. The van der Waals surface area contributed by atoms with E-state index in [9.17, 15) is 4.79 Å². The molecule has 21 heavy (non-hydrogen) atoms. The van der Waals surface area contributed by atoms with Crippen LogP contribution in [0.4, 0.5) is 0 Å². The van der Waals surface area contributed by atoms with Gasteiger partial charge >= 0.3 is 5.76 Å². The first-order chi connectivity index (χ1) is 10.3. The smallest absolute Gasteiger partial charge is 0.408 e. The van der Waals surface area contributed by atoms with Crippen LogP contribution in [0.3, 0.4) is 0 Å². The van der Waals surface area contributed by atoms with Crippen molar-refractivity contribution in [2.24, 2.45) is 0 Å². The van der Waals surface area contributed by atoms with E-state index in [1.54, 1.807) is 0 Å². The van der Waals surface area contributed by atoms with Gasteiger partial charge in [0.05, 0.1) is 5.52 Å². The van der Waals surface area contributed by atoms with Crippen LogP contribution in [0, 0.1) is 0 Å². The Kier molecular flexibility index (Phi) is 2.72. The molecule has 4 rings (SSSR count). The van der Waals surface area contributed by atoms with Crippen molar-refractivity contribution in [2.45, 2.75) is 18.4 Å². The van der Waals surface area contributed by atoms with Gasteiger partial charge in [0.1, 0.15) is 0 Å². The van der Waals surface area contributed by atoms with Gasteiger partial charge in [0.25, 0.3) is 0 Å². The topological polar surface area (TPSA) is 58.0 Å². The van der Waals surface area contributed by atoms with Crippen molar-refractivity contribution in [3.8, 4) is 0 Å². The molecule has 4 nitrogen and oxygen atoms in total. The predicted molar refractivity (Wildman–Crippen MR) is 81.5 cm³/mol. The molecule has 0 saturated carbocycles. The monoisotopic (exact) mass is 280 g/mol. The Labute approximate surface area is 121 Å². The number of nitrogens with one attached hydrogen (secondary N) is 2. The fraction of sp³-hybridized carbons (Fsp3) is 0.235. The van der Waals surface area contributed by atoms with Crippen molar-refractivity contribution >= 4 is 11.1 Å². The number of fused-ring (bicyclic) bond motifs is 2. The van der Waals surface area contributed by atoms with Gasteiger partial charge in [0.2, 0.25) is 0 Å². The number of likely N-dealkylation sites (N-methyl/N-ethyl adjacent to an activating group) is 1. The first-order valence-corrected chi connectivity index (χ1v) is 7.14. The lowest BCUT2D eigenvalue weighted by atomic mass is 9.72. The van der Waals surface area contributed by atoms with E-state index in [1.165, 1.54) is 11.1 Å². The summed E-state index contributed by atoms with van der Waals surface area (Å²) in [5, 5.41) is 3.40. The average Bonchev–Trinajstić information content (AvgIpc) is 2.84. The molecule has 2 unspecified atom stereocenters. The van der Waals surface area contributed by atoms with Crippen molar-refractivity contribution in [3.05, 3.63) is 69.7 Å². The lowest BCUT2D eigenvalue weighted by Crippen LogP contribution is -2.31. The van der Waals surface area contributed by atoms with Gasteiger partial charge in [-0.2, -0.15) is 0 Å². The molecule has 2 aromatic carbocycles. The van der Waals surface area contributed by atoms with E-state index < -0.39 is 5.76 Å². The molecule has 1 aromatic heterocycles. The van der Waals surface area contributed by atoms with Crippen molar-refractivity contribution in [3.63, 3.8) is 0 Å². The molecule has 0 fully saturated rings. The molecule has 1 aliphatic rings. The van der Waals surface area contributed by atoms with E-state index in [-0.39, 0.29) is 6.04 Å². The molecule has 4 heteroatoms. The summed E-state index contributed by atoms with van der Waals surface area (Å²) in [6.07, 6.45) is 1.08. The Morgan fingerprint density at radius 1 is 1.29 bits per heavy atom. The molecule has 0 saturated heterocycles. The zero-order valence-electron chi connectivity index (χ0n) is 11.7. The van der Waals surface area contributed by atoms with Crippen LogP contribution in [0.5, 0.6) is 0 Å². The van der Waals surface area contributed by atoms with Crippen molar-refractivity contribution in [1.82, 2.24) is 10.3 Å². The summed E-state index contributed by atoms with van der Waals surface area (Å²) >= 11 is 0. The third-order valence-electron chi connectivity index (χ3n) is 4.41. The summed E-state index contributed by atoms with van der Waals surface area (Å²) in [6.45, 7) is 0. The minimum absolute atomic E-state index is 0.226. The van der Waals surface area contributed by atoms with Crippen LogP contribution in [0.2, 0.25) is 0 Å². The van der Waals surface area contributed by atoms with Crippen LogP contribution >= 0.6 is 0 Å². The van der Waals surface area contributed by atoms with Gasteiger partial charge in [-0.1, -0.05) is 30.3 Å². The lowest BCUT2D eigenvalue weighted by molar-refractivity contribution is 0.438. The second-order valence-corrected chi connectivity index (χ2v) is 5.55. The number of hydrogen-bond donors (Lipinski definition) is 2. The van der Waals surface area contributed by atoms with Crippen molar-refractivity contribution in [2.75, 3.05) is 7.05 Å². The number of benzene rings is 2. The second-order valence-electron chi connectivity index (χ2n) is 5.55. The summed E-state index contributed by atoms with van der Waals surface area (Å²) in [5.41, 5.74) is 5.34. The van der Waals surface area contributed by atoms with Gasteiger partial charge in [0.15, 0.2) is 5.58 Å². The minimum atomic E-state index is -0.405. The van der Waals surface area contributed by atoms with E-state index in [4.69, 9.17) is 4.42 Å². The Bertz CT molecular complexity index is 862. The number of hydrogen-bond acceptors (Lipinski definition) is 3. The molecule has 0 amide bonds. The van der Waals surface area contributed by atoms with E-state index in [2.05, 4.69) is 40.6 Å². The molecule has 2 N–H and O–H groups in total. The van der Waals surface area contributed by atoms with Crippen LogP contribution in [0.25, 0.3) is 11.1 Å². The third kappa shape index (κ3) is 1.91. The molecule has 0 radical (unpaired) electrons. The zero-order valence-corrected chi connectivity index (χ0v) is 11.7. The van der Waals surface area contributed by atoms with E-state index in [1.807, 2.05) is 19.2 Å². The molecule has 3 aromatic rings. The van der Waals surface area contributed by atoms with Gasteiger partial charge < -0.3 is 9.73 Å². The van der Waals surface area contributed by atoms with Gasteiger partial charge in [-0.05, 0) is 42.3 Å². The molecule has 1 aliphatic carbocycles. The van der Waals surface area contributed by atoms with E-state index in [0.717, 1.165) is 17.5 Å². The number of rotatable bonds is 3. The molecular weight excluding hydrogens is 264 g/mol. The largest absolute Gasteiger partial charge is 0.417 e. The summed E-state index contributed by atoms with van der Waals surface area (Å²) in [6, 6.07) is 14.7. The SMILES string of the molecule is CNC(c1ccc2[nH]c(=O)oc2c1)C1Cc2ccccc21. The highest BCUT2D eigenvalue weighted by atomic mass is 16.4. The number of aromatic amines is 1. The van der Waals surface area contributed by atoms with Gasteiger partial charge in [-0.25, -0.2) is 4.79 Å². The van der Waals surface area contributed by atoms with Gasteiger partial charge in [0, 0.05) is 12.0 Å². The number of aromatic nitrogens is 1. The molecule has 0 bridgehead atoms. The Hall–Kier alpha value is -2.33. The fourth-order valence-corrected chi connectivity index (χ4v) is 3.35. The highest BCUT2D eigenvalue weighted by Crippen LogP contribution is 2.43. The first-order valence-electron chi connectivity index (χ1n) is 7.14. The second kappa shape index (κ2) is 4.60. The molecule has 0 aliphatic heterocycles. The summed E-state index contributed by atoms with van der Waals surface area (Å²) in [4.78, 5) is 13.9. The number of oxazole rings is 1. The van der Waals surface area contributed by atoms with Crippen molar-refractivity contribution in [1.29, 1.82) is 0 Å². The maximum atomic E-state index is 11.3. The summed E-state index contributed by atoms with van der Waals surface area (Å²) in [5.74, 6) is 0.0615. The van der Waals surface area contributed by atoms with Crippen LogP contribution in [0.1, 0.15) is 28.7 Å². The van der Waals surface area contributed by atoms with Gasteiger partial charge in [-0.15, -0.1) is 0 Å². The maximum Gasteiger partial charge on any atom is 0.417 e.